The maximum atomic E-state index is 11.0. The molecule has 0 N–H and O–H groups in total. The minimum Gasteiger partial charge on any atom is -0.300 e. The number of halogens is 1. The van der Waals surface area contributed by atoms with Crippen molar-refractivity contribution in [2.45, 2.75) is 13.3 Å². The van der Waals surface area contributed by atoms with Crippen LogP contribution < -0.4 is 0 Å². The molecule has 2 rings (SSSR count). The zero-order valence-electron chi connectivity index (χ0n) is 8.33. The number of fused-ring (bicyclic) bond motifs is 1. The summed E-state index contributed by atoms with van der Waals surface area (Å²) >= 11 is 3.45. The van der Waals surface area contributed by atoms with Gasteiger partial charge in [-0.1, -0.05) is 18.2 Å². The van der Waals surface area contributed by atoms with Crippen molar-refractivity contribution in [1.29, 1.82) is 0 Å². The van der Waals surface area contributed by atoms with Crippen LogP contribution in [0.3, 0.4) is 0 Å². The quantitative estimate of drug-likeness (QED) is 0.834. The Morgan fingerprint density at radius 3 is 2.87 bits per heavy atom. The van der Waals surface area contributed by atoms with E-state index in [9.17, 15) is 4.79 Å². The summed E-state index contributed by atoms with van der Waals surface area (Å²) in [7, 11) is 0. The summed E-state index contributed by atoms with van der Waals surface area (Å²) in [6, 6.07) is 9.82. The molecule has 0 spiro atoms. The van der Waals surface area contributed by atoms with Crippen molar-refractivity contribution < 1.29 is 4.79 Å². The largest absolute Gasteiger partial charge is 0.300 e. The lowest BCUT2D eigenvalue weighted by molar-refractivity contribution is -0.116. The van der Waals surface area contributed by atoms with Crippen molar-refractivity contribution in [3.63, 3.8) is 0 Å². The second kappa shape index (κ2) is 4.11. The maximum Gasteiger partial charge on any atom is 0.135 e. The Bertz CT molecular complexity index is 522. The van der Waals surface area contributed by atoms with Gasteiger partial charge in [0, 0.05) is 22.0 Å². The topological polar surface area (TPSA) is 30.0 Å². The smallest absolute Gasteiger partial charge is 0.135 e. The van der Waals surface area contributed by atoms with E-state index in [1.165, 1.54) is 0 Å². The number of nitrogens with zero attached hydrogens (tertiary/aromatic N) is 1. The van der Waals surface area contributed by atoms with Crippen LogP contribution in [0.2, 0.25) is 0 Å². The lowest BCUT2D eigenvalue weighted by Gasteiger charge is -2.02. The van der Waals surface area contributed by atoms with Gasteiger partial charge in [-0.2, -0.15) is 0 Å². The minimum atomic E-state index is 0.133. The number of para-hydroxylation sites is 1. The summed E-state index contributed by atoms with van der Waals surface area (Å²) in [5.74, 6) is 0.133. The summed E-state index contributed by atoms with van der Waals surface area (Å²) < 4.78 is 0.963. The third-order valence-electron chi connectivity index (χ3n) is 2.16. The first kappa shape index (κ1) is 10.3. The highest BCUT2D eigenvalue weighted by molar-refractivity contribution is 9.10. The predicted octanol–water partition coefficient (Wildman–Crippen LogP) is 3.13. The van der Waals surface area contributed by atoms with Crippen LogP contribution in [0.4, 0.5) is 0 Å². The van der Waals surface area contributed by atoms with Crippen molar-refractivity contribution in [1.82, 2.24) is 4.98 Å². The summed E-state index contributed by atoms with van der Waals surface area (Å²) in [5.41, 5.74) is 1.73. The van der Waals surface area contributed by atoms with Gasteiger partial charge in [0.1, 0.15) is 5.78 Å². The van der Waals surface area contributed by atoms with Crippen LogP contribution in [0.15, 0.2) is 34.8 Å². The number of benzene rings is 1. The average Bonchev–Trinajstić information content (AvgIpc) is 2.18. The van der Waals surface area contributed by atoms with Gasteiger partial charge in [0.2, 0.25) is 0 Å². The molecule has 0 aliphatic rings. The number of carbonyl (C=O) groups is 1. The van der Waals surface area contributed by atoms with Gasteiger partial charge in [-0.15, -0.1) is 0 Å². The van der Waals surface area contributed by atoms with Gasteiger partial charge in [0.15, 0.2) is 0 Å². The normalized spacial score (nSPS) is 10.5. The molecule has 76 valence electrons. The first-order valence-electron chi connectivity index (χ1n) is 4.70. The molecule has 1 heterocycles. The average molecular weight is 264 g/mol. The number of hydrogen-bond acceptors (Lipinski definition) is 2. The van der Waals surface area contributed by atoms with E-state index < -0.39 is 0 Å². The van der Waals surface area contributed by atoms with Crippen LogP contribution in [0.25, 0.3) is 10.9 Å². The highest BCUT2D eigenvalue weighted by atomic mass is 79.9. The maximum absolute atomic E-state index is 11.0. The number of carbonyl (C=O) groups excluding carboxylic acids is 1. The molecule has 0 fully saturated rings. The number of rotatable bonds is 2. The Labute approximate surface area is 96.5 Å². The number of ketones is 1. The SMILES string of the molecule is CC(=O)Cc1ccc2cccc(Br)c2n1. The molecule has 1 aromatic heterocycles. The summed E-state index contributed by atoms with van der Waals surface area (Å²) in [6.45, 7) is 1.58. The predicted molar refractivity (Wildman–Crippen MR) is 63.8 cm³/mol. The highest BCUT2D eigenvalue weighted by Gasteiger charge is 2.03. The molecule has 1 aromatic carbocycles. The summed E-state index contributed by atoms with van der Waals surface area (Å²) in [6.07, 6.45) is 0.400. The molecule has 0 unspecified atom stereocenters. The monoisotopic (exact) mass is 263 g/mol. The molecule has 0 bridgehead atoms. The number of hydrogen-bond donors (Lipinski definition) is 0. The van der Waals surface area contributed by atoms with Gasteiger partial charge in [-0.05, 0) is 35.0 Å². The van der Waals surface area contributed by atoms with Gasteiger partial charge < -0.3 is 0 Å². The van der Waals surface area contributed by atoms with Crippen molar-refractivity contribution in [3.05, 3.63) is 40.5 Å². The van der Waals surface area contributed by atoms with E-state index in [1.54, 1.807) is 6.92 Å². The molecular weight excluding hydrogens is 254 g/mol. The van der Waals surface area contributed by atoms with Crippen LogP contribution in [0, 0.1) is 0 Å². The zero-order chi connectivity index (χ0) is 10.8. The fourth-order valence-electron chi connectivity index (χ4n) is 1.50. The van der Waals surface area contributed by atoms with E-state index in [0.717, 1.165) is 21.1 Å². The Hall–Kier alpha value is -1.22. The van der Waals surface area contributed by atoms with Crippen LogP contribution in [-0.4, -0.2) is 10.8 Å². The lowest BCUT2D eigenvalue weighted by atomic mass is 10.1. The van der Waals surface area contributed by atoms with Crippen LogP contribution in [0.5, 0.6) is 0 Å². The molecule has 0 saturated heterocycles. The van der Waals surface area contributed by atoms with Crippen LogP contribution in [-0.2, 0) is 11.2 Å². The molecule has 0 atom stereocenters. The second-order valence-electron chi connectivity index (χ2n) is 3.49. The molecule has 0 amide bonds. The molecule has 0 saturated carbocycles. The third-order valence-corrected chi connectivity index (χ3v) is 2.80. The summed E-state index contributed by atoms with van der Waals surface area (Å²) in [4.78, 5) is 15.4. The van der Waals surface area contributed by atoms with Gasteiger partial charge >= 0.3 is 0 Å². The Morgan fingerprint density at radius 2 is 2.13 bits per heavy atom. The molecule has 2 aromatic rings. The second-order valence-corrected chi connectivity index (χ2v) is 4.35. The Morgan fingerprint density at radius 1 is 1.33 bits per heavy atom. The van der Waals surface area contributed by atoms with Gasteiger partial charge in [0.05, 0.1) is 5.52 Å². The van der Waals surface area contributed by atoms with E-state index >= 15 is 0 Å². The molecule has 3 heteroatoms. The lowest BCUT2D eigenvalue weighted by Crippen LogP contribution is -1.99. The Balaban J connectivity index is 2.54. The fraction of sp³-hybridized carbons (Fsp3) is 0.167. The molecule has 0 aliphatic carbocycles. The minimum absolute atomic E-state index is 0.133. The van der Waals surface area contributed by atoms with E-state index in [0.29, 0.717) is 6.42 Å². The standard InChI is InChI=1S/C12H10BrNO/c1-8(15)7-10-6-5-9-3-2-4-11(13)12(9)14-10/h2-6H,7H2,1H3. The number of aromatic nitrogens is 1. The molecule has 0 radical (unpaired) electrons. The van der Waals surface area contributed by atoms with Crippen LogP contribution >= 0.6 is 15.9 Å². The highest BCUT2D eigenvalue weighted by Crippen LogP contribution is 2.22. The third kappa shape index (κ3) is 2.23. The molecular formula is C12H10BrNO. The van der Waals surface area contributed by atoms with E-state index in [1.807, 2.05) is 30.3 Å². The van der Waals surface area contributed by atoms with E-state index in [2.05, 4.69) is 20.9 Å². The number of pyridine rings is 1. The fourth-order valence-corrected chi connectivity index (χ4v) is 1.98. The molecule has 2 nitrogen and oxygen atoms in total. The van der Waals surface area contributed by atoms with Gasteiger partial charge in [0.25, 0.3) is 0 Å². The molecule has 0 aliphatic heterocycles. The summed E-state index contributed by atoms with van der Waals surface area (Å²) in [5, 5.41) is 1.08. The van der Waals surface area contributed by atoms with Gasteiger partial charge in [-0.25, -0.2) is 0 Å². The van der Waals surface area contributed by atoms with Gasteiger partial charge in [-0.3, -0.25) is 9.78 Å². The first-order valence-corrected chi connectivity index (χ1v) is 5.50. The van der Waals surface area contributed by atoms with Crippen LogP contribution in [0.1, 0.15) is 12.6 Å². The van der Waals surface area contributed by atoms with Crippen molar-refractivity contribution in [2.24, 2.45) is 0 Å². The van der Waals surface area contributed by atoms with Crippen molar-refractivity contribution in [3.8, 4) is 0 Å². The van der Waals surface area contributed by atoms with Crippen molar-refractivity contribution >= 4 is 32.6 Å². The van der Waals surface area contributed by atoms with Crippen molar-refractivity contribution in [2.75, 3.05) is 0 Å². The number of Topliss-reactive ketones (excluding diaryl/α,β-unsaturated/α-hetero) is 1. The Kier molecular flexibility index (Phi) is 2.82. The molecule has 15 heavy (non-hydrogen) atoms. The first-order chi connectivity index (χ1) is 7.16. The van der Waals surface area contributed by atoms with E-state index in [4.69, 9.17) is 0 Å². The van der Waals surface area contributed by atoms with E-state index in [-0.39, 0.29) is 5.78 Å². The zero-order valence-corrected chi connectivity index (χ0v) is 9.91.